The molecule has 1 amide bonds. The molecular weight excluding hydrogens is 304 g/mol. The van der Waals surface area contributed by atoms with Gasteiger partial charge in [-0.1, -0.05) is 0 Å². The van der Waals surface area contributed by atoms with Crippen LogP contribution in [-0.4, -0.2) is 32.6 Å². The molecule has 0 saturated carbocycles. The van der Waals surface area contributed by atoms with Crippen LogP contribution in [0.15, 0.2) is 28.8 Å². The molecule has 126 valence electrons. The number of fused-ring (bicyclic) bond motifs is 1. The normalized spacial score (nSPS) is 11.4. The predicted octanol–water partition coefficient (Wildman–Crippen LogP) is 3.49. The number of nitrogens with zero attached hydrogens (tertiary/aromatic N) is 4. The third kappa shape index (κ3) is 2.91. The Bertz CT molecular complexity index is 892. The molecule has 0 atom stereocenters. The smallest absolute Gasteiger partial charge is 0.254 e. The van der Waals surface area contributed by atoms with E-state index in [0.717, 1.165) is 28.2 Å². The van der Waals surface area contributed by atoms with E-state index in [1.54, 1.807) is 18.1 Å². The van der Waals surface area contributed by atoms with Gasteiger partial charge in [-0.25, -0.2) is 9.67 Å². The fraction of sp³-hybridized carbons (Fsp3) is 0.389. The van der Waals surface area contributed by atoms with Gasteiger partial charge in [-0.15, -0.1) is 0 Å². The first-order valence-electron chi connectivity index (χ1n) is 8.02. The summed E-state index contributed by atoms with van der Waals surface area (Å²) in [5.74, 6) is 1.54. The summed E-state index contributed by atoms with van der Waals surface area (Å²) in [5, 5.41) is 5.17. The predicted molar refractivity (Wildman–Crippen MR) is 91.9 cm³/mol. The highest BCUT2D eigenvalue weighted by atomic mass is 16.3. The summed E-state index contributed by atoms with van der Waals surface area (Å²) in [7, 11) is 1.77. The highest BCUT2D eigenvalue weighted by Crippen LogP contribution is 2.22. The zero-order valence-corrected chi connectivity index (χ0v) is 14.7. The third-order valence-corrected chi connectivity index (χ3v) is 3.95. The van der Waals surface area contributed by atoms with Crippen molar-refractivity contribution in [1.82, 2.24) is 19.7 Å². The van der Waals surface area contributed by atoms with Crippen molar-refractivity contribution in [2.24, 2.45) is 0 Å². The summed E-state index contributed by atoms with van der Waals surface area (Å²) in [6.45, 7) is 8.30. The molecule has 0 bridgehead atoms. The molecule has 3 heterocycles. The summed E-state index contributed by atoms with van der Waals surface area (Å²) in [6.07, 6.45) is 1.72. The molecular formula is C18H22N4O2. The molecule has 6 nitrogen and oxygen atoms in total. The maximum atomic E-state index is 12.9. The van der Waals surface area contributed by atoms with Crippen LogP contribution < -0.4 is 0 Å². The van der Waals surface area contributed by atoms with E-state index in [0.29, 0.717) is 12.1 Å². The van der Waals surface area contributed by atoms with Gasteiger partial charge >= 0.3 is 0 Å². The van der Waals surface area contributed by atoms with Crippen LogP contribution in [0.3, 0.4) is 0 Å². The molecule has 0 aliphatic heterocycles. The zero-order valence-electron chi connectivity index (χ0n) is 14.7. The monoisotopic (exact) mass is 326 g/mol. The van der Waals surface area contributed by atoms with Gasteiger partial charge in [0.15, 0.2) is 5.65 Å². The molecule has 0 aliphatic rings. The molecule has 0 fully saturated rings. The van der Waals surface area contributed by atoms with E-state index in [1.165, 1.54) is 0 Å². The lowest BCUT2D eigenvalue weighted by molar-refractivity contribution is 0.0776. The van der Waals surface area contributed by atoms with Crippen molar-refractivity contribution in [2.45, 2.75) is 40.3 Å². The number of pyridine rings is 1. The standard InChI is InChI=1S/C18H22N4O2/c1-11(2)22-17-16(9-19-22)15(8-12(3)20-17)18(23)21(5)10-14-7-6-13(4)24-14/h6-9,11H,10H2,1-5H3. The van der Waals surface area contributed by atoms with Gasteiger partial charge in [-0.2, -0.15) is 5.10 Å². The summed E-state index contributed by atoms with van der Waals surface area (Å²) in [5.41, 5.74) is 2.17. The fourth-order valence-corrected chi connectivity index (χ4v) is 2.78. The van der Waals surface area contributed by atoms with Gasteiger partial charge in [0.05, 0.1) is 23.7 Å². The lowest BCUT2D eigenvalue weighted by Gasteiger charge is -2.17. The molecule has 24 heavy (non-hydrogen) atoms. The van der Waals surface area contributed by atoms with Gasteiger partial charge in [0, 0.05) is 18.8 Å². The molecule has 0 aliphatic carbocycles. The van der Waals surface area contributed by atoms with Gasteiger partial charge in [-0.3, -0.25) is 4.79 Å². The first kappa shape index (κ1) is 16.2. The topological polar surface area (TPSA) is 64.2 Å². The van der Waals surface area contributed by atoms with Crippen molar-refractivity contribution in [1.29, 1.82) is 0 Å². The highest BCUT2D eigenvalue weighted by molar-refractivity contribution is 6.05. The fourth-order valence-electron chi connectivity index (χ4n) is 2.78. The first-order chi connectivity index (χ1) is 11.4. The Hall–Kier alpha value is -2.63. The molecule has 0 N–H and O–H groups in total. The largest absolute Gasteiger partial charge is 0.464 e. The second-order valence-corrected chi connectivity index (χ2v) is 6.40. The summed E-state index contributed by atoms with van der Waals surface area (Å²) in [6, 6.07) is 5.79. The number of amides is 1. The maximum Gasteiger partial charge on any atom is 0.254 e. The number of carbonyl (C=O) groups excluding carboxylic acids is 1. The van der Waals surface area contributed by atoms with Crippen LogP contribution in [0, 0.1) is 13.8 Å². The third-order valence-electron chi connectivity index (χ3n) is 3.95. The number of aryl methyl sites for hydroxylation is 2. The highest BCUT2D eigenvalue weighted by Gasteiger charge is 2.20. The maximum absolute atomic E-state index is 12.9. The Labute approximate surface area is 141 Å². The van der Waals surface area contributed by atoms with Crippen molar-refractivity contribution in [3.8, 4) is 0 Å². The Balaban J connectivity index is 1.97. The number of hydrogen-bond acceptors (Lipinski definition) is 4. The van der Waals surface area contributed by atoms with Gasteiger partial charge in [0.25, 0.3) is 5.91 Å². The molecule has 0 unspecified atom stereocenters. The minimum absolute atomic E-state index is 0.0668. The lowest BCUT2D eigenvalue weighted by atomic mass is 10.1. The summed E-state index contributed by atoms with van der Waals surface area (Å²) < 4.78 is 7.41. The lowest BCUT2D eigenvalue weighted by Crippen LogP contribution is -2.26. The Morgan fingerprint density at radius 2 is 2.08 bits per heavy atom. The number of rotatable bonds is 4. The number of aromatic nitrogens is 3. The SMILES string of the molecule is Cc1cc(C(=O)N(C)Cc2ccc(C)o2)c2cnn(C(C)C)c2n1. The molecule has 0 aromatic carbocycles. The quantitative estimate of drug-likeness (QED) is 0.736. The molecule has 3 rings (SSSR count). The van der Waals surface area contributed by atoms with E-state index in [4.69, 9.17) is 4.42 Å². The minimum Gasteiger partial charge on any atom is -0.464 e. The molecule has 3 aromatic rings. The van der Waals surface area contributed by atoms with Crippen LogP contribution in [0.25, 0.3) is 11.0 Å². The van der Waals surface area contributed by atoms with E-state index in [9.17, 15) is 4.79 Å². The second kappa shape index (κ2) is 6.11. The molecule has 3 aromatic heterocycles. The number of furan rings is 1. The van der Waals surface area contributed by atoms with E-state index in [2.05, 4.69) is 10.1 Å². The summed E-state index contributed by atoms with van der Waals surface area (Å²) >= 11 is 0. The van der Waals surface area contributed by atoms with Crippen LogP contribution in [0.5, 0.6) is 0 Å². The van der Waals surface area contributed by atoms with Gasteiger partial charge in [0.1, 0.15) is 11.5 Å². The Kier molecular flexibility index (Phi) is 4.13. The van der Waals surface area contributed by atoms with Gasteiger partial charge in [-0.05, 0) is 45.9 Å². The average molecular weight is 326 g/mol. The van der Waals surface area contributed by atoms with Crippen LogP contribution in [-0.2, 0) is 6.54 Å². The molecule has 0 radical (unpaired) electrons. The van der Waals surface area contributed by atoms with E-state index in [-0.39, 0.29) is 11.9 Å². The number of hydrogen-bond donors (Lipinski definition) is 0. The van der Waals surface area contributed by atoms with E-state index < -0.39 is 0 Å². The van der Waals surface area contributed by atoms with Crippen molar-refractivity contribution in [2.75, 3.05) is 7.05 Å². The Morgan fingerprint density at radius 3 is 2.71 bits per heavy atom. The Morgan fingerprint density at radius 1 is 1.33 bits per heavy atom. The summed E-state index contributed by atoms with van der Waals surface area (Å²) in [4.78, 5) is 19.1. The van der Waals surface area contributed by atoms with Crippen molar-refractivity contribution < 1.29 is 9.21 Å². The minimum atomic E-state index is -0.0668. The zero-order chi connectivity index (χ0) is 17.4. The second-order valence-electron chi connectivity index (χ2n) is 6.40. The van der Waals surface area contributed by atoms with Crippen molar-refractivity contribution in [3.05, 3.63) is 47.2 Å². The van der Waals surface area contributed by atoms with Crippen LogP contribution >= 0.6 is 0 Å². The average Bonchev–Trinajstić information content (AvgIpc) is 3.11. The van der Waals surface area contributed by atoms with Crippen LogP contribution in [0.1, 0.15) is 47.5 Å². The van der Waals surface area contributed by atoms with Crippen molar-refractivity contribution in [3.63, 3.8) is 0 Å². The van der Waals surface area contributed by atoms with E-state index in [1.807, 2.05) is 50.6 Å². The van der Waals surface area contributed by atoms with Gasteiger partial charge in [0.2, 0.25) is 0 Å². The van der Waals surface area contributed by atoms with E-state index >= 15 is 0 Å². The van der Waals surface area contributed by atoms with Crippen LogP contribution in [0.4, 0.5) is 0 Å². The molecule has 6 heteroatoms. The van der Waals surface area contributed by atoms with Gasteiger partial charge < -0.3 is 9.32 Å². The molecule has 0 spiro atoms. The first-order valence-corrected chi connectivity index (χ1v) is 8.02. The van der Waals surface area contributed by atoms with Crippen LogP contribution in [0.2, 0.25) is 0 Å². The van der Waals surface area contributed by atoms with Crippen molar-refractivity contribution >= 4 is 16.9 Å². The number of carbonyl (C=O) groups is 1. The molecule has 0 saturated heterocycles.